The average molecular weight is 211 g/mol. The van der Waals surface area contributed by atoms with Crippen LogP contribution in [0.5, 0.6) is 0 Å². The lowest BCUT2D eigenvalue weighted by molar-refractivity contribution is -0.141. The zero-order valence-electron chi connectivity index (χ0n) is 9.27. The fourth-order valence-corrected chi connectivity index (χ4v) is 1.23. The molecule has 0 aliphatic heterocycles. The maximum Gasteiger partial charge on any atom is 0.307 e. The van der Waals surface area contributed by atoms with Gasteiger partial charge in [0, 0.05) is 31.4 Å². The fourth-order valence-electron chi connectivity index (χ4n) is 1.23. The molecule has 84 valence electrons. The highest BCUT2D eigenvalue weighted by Gasteiger charge is 2.18. The third-order valence-electron chi connectivity index (χ3n) is 2.53. The Labute approximate surface area is 89.1 Å². The molecule has 1 aromatic heterocycles. The van der Waals surface area contributed by atoms with Gasteiger partial charge in [-0.1, -0.05) is 6.92 Å². The first-order valence-corrected chi connectivity index (χ1v) is 4.94. The molecule has 0 aromatic carbocycles. The molecule has 5 heteroatoms. The first-order valence-electron chi connectivity index (χ1n) is 4.94. The quantitative estimate of drug-likeness (QED) is 0.749. The summed E-state index contributed by atoms with van der Waals surface area (Å²) in [6, 6.07) is -0.0530. The number of carboxylic acid groups (broad SMARTS) is 1. The van der Waals surface area contributed by atoms with E-state index in [4.69, 9.17) is 5.11 Å². The van der Waals surface area contributed by atoms with Crippen LogP contribution in [0.2, 0.25) is 0 Å². The zero-order valence-corrected chi connectivity index (χ0v) is 9.27. The van der Waals surface area contributed by atoms with Crippen molar-refractivity contribution in [2.45, 2.75) is 26.4 Å². The summed E-state index contributed by atoms with van der Waals surface area (Å²) in [7, 11) is 1.85. The van der Waals surface area contributed by atoms with Crippen molar-refractivity contribution in [1.82, 2.24) is 15.1 Å². The van der Waals surface area contributed by atoms with Gasteiger partial charge in [-0.3, -0.25) is 9.48 Å². The lowest BCUT2D eigenvalue weighted by Gasteiger charge is -2.16. The second-order valence-corrected chi connectivity index (χ2v) is 3.82. The lowest BCUT2D eigenvalue weighted by atomic mass is 10.0. The van der Waals surface area contributed by atoms with Gasteiger partial charge in [0.25, 0.3) is 0 Å². The van der Waals surface area contributed by atoms with Gasteiger partial charge in [0.15, 0.2) is 0 Å². The molecule has 15 heavy (non-hydrogen) atoms. The van der Waals surface area contributed by atoms with E-state index in [-0.39, 0.29) is 12.0 Å². The molecule has 0 bridgehead atoms. The van der Waals surface area contributed by atoms with Crippen LogP contribution in [0.25, 0.3) is 0 Å². The minimum atomic E-state index is -0.777. The second-order valence-electron chi connectivity index (χ2n) is 3.82. The zero-order chi connectivity index (χ0) is 11.4. The predicted molar refractivity (Wildman–Crippen MR) is 56.3 cm³/mol. The Morgan fingerprint density at radius 3 is 2.80 bits per heavy atom. The molecule has 0 aliphatic rings. The highest BCUT2D eigenvalue weighted by molar-refractivity contribution is 5.70. The van der Waals surface area contributed by atoms with Gasteiger partial charge in [-0.2, -0.15) is 5.10 Å². The Balaban J connectivity index is 2.40. The van der Waals surface area contributed by atoms with Crippen LogP contribution in [0, 0.1) is 5.92 Å². The average Bonchev–Trinajstić information content (AvgIpc) is 2.59. The maximum atomic E-state index is 10.7. The Bertz CT molecular complexity index is 335. The highest BCUT2D eigenvalue weighted by Crippen LogP contribution is 2.04. The standard InChI is InChI=1S/C10H17N3O2/c1-7(10(14)15)8(2)11-4-9-5-12-13(3)6-9/h5-8,11H,4H2,1-3H3,(H,14,15). The van der Waals surface area contributed by atoms with Crippen molar-refractivity contribution in [3.63, 3.8) is 0 Å². The second kappa shape index (κ2) is 4.93. The molecule has 0 radical (unpaired) electrons. The smallest absolute Gasteiger partial charge is 0.307 e. The number of nitrogens with zero attached hydrogens (tertiary/aromatic N) is 2. The number of rotatable bonds is 5. The lowest BCUT2D eigenvalue weighted by Crippen LogP contribution is -2.35. The van der Waals surface area contributed by atoms with Crippen LogP contribution in [-0.4, -0.2) is 26.9 Å². The summed E-state index contributed by atoms with van der Waals surface area (Å²) in [4.78, 5) is 10.7. The van der Waals surface area contributed by atoms with E-state index in [1.165, 1.54) is 0 Å². The van der Waals surface area contributed by atoms with E-state index in [9.17, 15) is 4.79 Å². The van der Waals surface area contributed by atoms with Crippen molar-refractivity contribution in [1.29, 1.82) is 0 Å². The molecule has 0 fully saturated rings. The third-order valence-corrected chi connectivity index (χ3v) is 2.53. The molecule has 0 spiro atoms. The Hall–Kier alpha value is -1.36. The fraction of sp³-hybridized carbons (Fsp3) is 0.600. The van der Waals surface area contributed by atoms with Crippen molar-refractivity contribution in [2.75, 3.05) is 0 Å². The molecule has 1 heterocycles. The van der Waals surface area contributed by atoms with Gasteiger partial charge in [-0.25, -0.2) is 0 Å². The molecular weight excluding hydrogens is 194 g/mol. The van der Waals surface area contributed by atoms with Crippen molar-refractivity contribution >= 4 is 5.97 Å². The number of carboxylic acids is 1. The largest absolute Gasteiger partial charge is 0.481 e. The SMILES string of the molecule is CC(NCc1cnn(C)c1)C(C)C(=O)O. The summed E-state index contributed by atoms with van der Waals surface area (Å²) >= 11 is 0. The number of aromatic nitrogens is 2. The van der Waals surface area contributed by atoms with Crippen LogP contribution in [0.15, 0.2) is 12.4 Å². The Morgan fingerprint density at radius 1 is 1.67 bits per heavy atom. The van der Waals surface area contributed by atoms with Crippen LogP contribution >= 0.6 is 0 Å². The molecule has 0 amide bonds. The minimum absolute atomic E-state index is 0.0530. The van der Waals surface area contributed by atoms with Gasteiger partial charge >= 0.3 is 5.97 Å². The molecular formula is C10H17N3O2. The van der Waals surface area contributed by atoms with E-state index in [0.29, 0.717) is 6.54 Å². The third kappa shape index (κ3) is 3.36. The summed E-state index contributed by atoms with van der Waals surface area (Å²) in [5, 5.41) is 16.0. The van der Waals surface area contributed by atoms with Crippen LogP contribution in [0.4, 0.5) is 0 Å². The van der Waals surface area contributed by atoms with Gasteiger partial charge in [-0.15, -0.1) is 0 Å². The van der Waals surface area contributed by atoms with Crippen LogP contribution < -0.4 is 5.32 Å². The van der Waals surface area contributed by atoms with Crippen LogP contribution in [0.3, 0.4) is 0 Å². The summed E-state index contributed by atoms with van der Waals surface area (Å²) in [6.07, 6.45) is 3.68. The molecule has 2 N–H and O–H groups in total. The number of aryl methyl sites for hydroxylation is 1. The van der Waals surface area contributed by atoms with Crippen molar-refractivity contribution in [3.8, 4) is 0 Å². The Morgan fingerprint density at radius 2 is 2.33 bits per heavy atom. The van der Waals surface area contributed by atoms with Crippen LogP contribution in [-0.2, 0) is 18.4 Å². The Kier molecular flexibility index (Phi) is 3.85. The summed E-state index contributed by atoms with van der Waals surface area (Å²) in [6.45, 7) is 4.21. The normalized spacial score (nSPS) is 14.9. The van der Waals surface area contributed by atoms with E-state index in [1.54, 1.807) is 17.8 Å². The van der Waals surface area contributed by atoms with Crippen molar-refractivity contribution in [2.24, 2.45) is 13.0 Å². The number of aliphatic carboxylic acids is 1. The molecule has 0 saturated carbocycles. The monoisotopic (exact) mass is 211 g/mol. The topological polar surface area (TPSA) is 67.2 Å². The van der Waals surface area contributed by atoms with Gasteiger partial charge in [0.05, 0.1) is 12.1 Å². The van der Waals surface area contributed by atoms with E-state index >= 15 is 0 Å². The summed E-state index contributed by atoms with van der Waals surface area (Å²) in [5.41, 5.74) is 1.06. The van der Waals surface area contributed by atoms with E-state index in [0.717, 1.165) is 5.56 Å². The highest BCUT2D eigenvalue weighted by atomic mass is 16.4. The molecule has 5 nitrogen and oxygen atoms in total. The van der Waals surface area contributed by atoms with Gasteiger partial charge in [0.1, 0.15) is 0 Å². The van der Waals surface area contributed by atoms with Crippen LogP contribution in [0.1, 0.15) is 19.4 Å². The molecule has 2 unspecified atom stereocenters. The first-order chi connectivity index (χ1) is 7.00. The first kappa shape index (κ1) is 11.7. The summed E-state index contributed by atoms with van der Waals surface area (Å²) < 4.78 is 1.72. The number of nitrogens with one attached hydrogen (secondary N) is 1. The molecule has 1 aromatic rings. The molecule has 2 atom stereocenters. The van der Waals surface area contributed by atoms with Gasteiger partial charge < -0.3 is 10.4 Å². The van der Waals surface area contributed by atoms with Crippen molar-refractivity contribution < 1.29 is 9.90 Å². The van der Waals surface area contributed by atoms with E-state index in [1.807, 2.05) is 20.2 Å². The van der Waals surface area contributed by atoms with Gasteiger partial charge in [0.2, 0.25) is 0 Å². The predicted octanol–water partition coefficient (Wildman–Crippen LogP) is 0.619. The van der Waals surface area contributed by atoms with Crippen molar-refractivity contribution in [3.05, 3.63) is 18.0 Å². The maximum absolute atomic E-state index is 10.7. The van der Waals surface area contributed by atoms with E-state index in [2.05, 4.69) is 10.4 Å². The summed E-state index contributed by atoms with van der Waals surface area (Å²) in [5.74, 6) is -1.16. The van der Waals surface area contributed by atoms with Gasteiger partial charge in [-0.05, 0) is 6.92 Å². The molecule has 1 rings (SSSR count). The van der Waals surface area contributed by atoms with E-state index < -0.39 is 5.97 Å². The number of carbonyl (C=O) groups is 1. The minimum Gasteiger partial charge on any atom is -0.481 e. The molecule has 0 aliphatic carbocycles. The number of hydrogen-bond acceptors (Lipinski definition) is 3. The molecule has 0 saturated heterocycles. The number of hydrogen-bond donors (Lipinski definition) is 2.